The van der Waals surface area contributed by atoms with Gasteiger partial charge in [-0.25, -0.2) is 5.53 Å². The zero-order valence-electron chi connectivity index (χ0n) is 22.0. The van der Waals surface area contributed by atoms with Gasteiger partial charge in [-0.05, 0) is 60.8 Å². The van der Waals surface area contributed by atoms with Gasteiger partial charge in [0, 0.05) is 17.8 Å². The summed E-state index contributed by atoms with van der Waals surface area (Å²) in [5.41, 5.74) is 15.1. The molecule has 2 aliphatic carbocycles. The van der Waals surface area contributed by atoms with Crippen LogP contribution in [-0.2, 0) is 0 Å². The van der Waals surface area contributed by atoms with Crippen molar-refractivity contribution in [1.29, 1.82) is 0 Å². The van der Waals surface area contributed by atoms with Crippen molar-refractivity contribution >= 4 is 17.0 Å². The first kappa shape index (κ1) is 25.7. The van der Waals surface area contributed by atoms with Crippen LogP contribution in [0.4, 0.5) is 0 Å². The van der Waals surface area contributed by atoms with E-state index in [0.29, 0.717) is 0 Å². The molecule has 0 saturated heterocycles. The lowest BCUT2D eigenvalue weighted by Gasteiger charge is -2.37. The van der Waals surface area contributed by atoms with Gasteiger partial charge in [-0.1, -0.05) is 105 Å². The first-order valence-electron chi connectivity index (χ1n) is 14.2. The molecule has 1 saturated carbocycles. The van der Waals surface area contributed by atoms with Gasteiger partial charge in [0.05, 0.1) is 6.10 Å². The molecule has 0 amide bonds. The first-order chi connectivity index (χ1) is 18.2. The molecule has 2 aromatic carbocycles. The molecule has 0 bridgehead atoms. The Kier molecular flexibility index (Phi) is 8.42. The second-order valence-electron chi connectivity index (χ2n) is 11.0. The second-order valence-corrected chi connectivity index (χ2v) is 11.0. The number of hydrazine groups is 2. The Morgan fingerprint density at radius 3 is 2.22 bits per heavy atom. The van der Waals surface area contributed by atoms with Crippen LogP contribution < -0.4 is 16.5 Å². The second kappa shape index (κ2) is 12.1. The minimum Gasteiger partial charge on any atom is -0.393 e. The average Bonchev–Trinajstić information content (AvgIpc) is 3.65. The number of aliphatic hydroxyl groups is 1. The Hall–Kier alpha value is -2.89. The molecule has 0 spiro atoms. The number of hydrogen-bond acceptors (Lipinski definition) is 5. The van der Waals surface area contributed by atoms with Gasteiger partial charge in [0.2, 0.25) is 0 Å². The number of nitrogens with one attached hydrogen (secondary N) is 3. The highest BCUT2D eigenvalue weighted by Gasteiger charge is 2.56. The third-order valence-electron chi connectivity index (χ3n) is 8.77. The molecule has 1 aliphatic heterocycles. The molecule has 3 unspecified atom stereocenters. The van der Waals surface area contributed by atoms with Crippen molar-refractivity contribution in [3.05, 3.63) is 83.9 Å². The maximum atomic E-state index is 11.1. The Balaban J connectivity index is 1.24. The summed E-state index contributed by atoms with van der Waals surface area (Å²) < 4.78 is 0. The summed E-state index contributed by atoms with van der Waals surface area (Å²) in [7, 11) is 0. The zero-order valence-corrected chi connectivity index (χ0v) is 22.0. The Bertz CT molecular complexity index is 1110. The summed E-state index contributed by atoms with van der Waals surface area (Å²) in [6.45, 7) is 4.69. The number of unbranched alkanes of at least 4 members (excludes halogenated alkanes) is 6. The van der Waals surface area contributed by atoms with Crippen molar-refractivity contribution in [2.24, 2.45) is 16.4 Å². The lowest BCUT2D eigenvalue weighted by Crippen LogP contribution is -2.34. The predicted molar refractivity (Wildman–Crippen MR) is 153 cm³/mol. The fourth-order valence-corrected chi connectivity index (χ4v) is 6.97. The van der Waals surface area contributed by atoms with Gasteiger partial charge < -0.3 is 5.11 Å². The molecule has 3 atom stereocenters. The lowest BCUT2D eigenvalue weighted by atomic mass is 9.66. The Morgan fingerprint density at radius 1 is 0.892 bits per heavy atom. The lowest BCUT2D eigenvalue weighted by molar-refractivity contribution is 0.120. The summed E-state index contributed by atoms with van der Waals surface area (Å²) in [5, 5.41) is 15.3. The van der Waals surface area contributed by atoms with Crippen LogP contribution in [0.25, 0.3) is 11.1 Å². The number of amidine groups is 1. The van der Waals surface area contributed by atoms with Crippen LogP contribution in [0.3, 0.4) is 0 Å². The highest BCUT2D eigenvalue weighted by Crippen LogP contribution is 2.66. The number of hydrazone groups is 1. The van der Waals surface area contributed by atoms with Crippen LogP contribution in [-0.4, -0.2) is 17.0 Å². The molecule has 2 aromatic rings. The average molecular weight is 499 g/mol. The third kappa shape index (κ3) is 5.53. The monoisotopic (exact) mass is 498 g/mol. The van der Waals surface area contributed by atoms with E-state index in [-0.39, 0.29) is 17.4 Å². The van der Waals surface area contributed by atoms with Crippen molar-refractivity contribution in [2.45, 2.75) is 83.2 Å². The SMILES string of the molecule is C=C(c1ccccc1)C12CCC(O)C1CC(CCCCCCCCCC1=NNNN1)=C2c1ccccc1. The van der Waals surface area contributed by atoms with E-state index in [1.807, 2.05) is 0 Å². The molecule has 3 aliphatic rings. The van der Waals surface area contributed by atoms with Crippen LogP contribution in [0.15, 0.2) is 77.9 Å². The van der Waals surface area contributed by atoms with E-state index >= 15 is 0 Å². The summed E-state index contributed by atoms with van der Waals surface area (Å²) in [5.74, 6) is 1.23. The maximum Gasteiger partial charge on any atom is 0.139 e. The summed E-state index contributed by atoms with van der Waals surface area (Å²) >= 11 is 0. The van der Waals surface area contributed by atoms with Crippen molar-refractivity contribution in [3.63, 3.8) is 0 Å². The van der Waals surface area contributed by atoms with Crippen molar-refractivity contribution in [2.75, 3.05) is 0 Å². The van der Waals surface area contributed by atoms with E-state index in [4.69, 9.17) is 6.58 Å². The summed E-state index contributed by atoms with van der Waals surface area (Å²) in [4.78, 5) is 0. The quantitative estimate of drug-likeness (QED) is 0.231. The number of nitrogens with zero attached hydrogens (tertiary/aromatic N) is 1. The van der Waals surface area contributed by atoms with Crippen molar-refractivity contribution in [3.8, 4) is 0 Å². The highest BCUT2D eigenvalue weighted by atomic mass is 16.3. The van der Waals surface area contributed by atoms with Crippen molar-refractivity contribution in [1.82, 2.24) is 16.5 Å². The fourth-order valence-electron chi connectivity index (χ4n) is 6.97. The Morgan fingerprint density at radius 2 is 1.54 bits per heavy atom. The van der Waals surface area contributed by atoms with Crippen LogP contribution >= 0.6 is 0 Å². The predicted octanol–water partition coefficient (Wildman–Crippen LogP) is 6.75. The number of rotatable bonds is 13. The molecule has 5 heteroatoms. The zero-order chi connectivity index (χ0) is 25.5. The third-order valence-corrected chi connectivity index (χ3v) is 8.77. The largest absolute Gasteiger partial charge is 0.393 e. The molecular weight excluding hydrogens is 456 g/mol. The Labute approximate surface area is 222 Å². The van der Waals surface area contributed by atoms with Gasteiger partial charge in [-0.3, -0.25) is 5.43 Å². The number of benzene rings is 2. The maximum absolute atomic E-state index is 11.1. The number of fused-ring (bicyclic) bond motifs is 1. The summed E-state index contributed by atoms with van der Waals surface area (Å²) in [6, 6.07) is 21.6. The minimum absolute atomic E-state index is 0.166. The molecule has 1 heterocycles. The van der Waals surface area contributed by atoms with E-state index in [1.54, 1.807) is 5.57 Å². The van der Waals surface area contributed by atoms with Gasteiger partial charge >= 0.3 is 0 Å². The van der Waals surface area contributed by atoms with Crippen molar-refractivity contribution < 1.29 is 5.11 Å². The molecule has 4 N–H and O–H groups in total. The van der Waals surface area contributed by atoms with Crippen LogP contribution in [0.2, 0.25) is 0 Å². The fraction of sp³-hybridized carbons (Fsp3) is 0.469. The molecule has 5 nitrogen and oxygen atoms in total. The van der Waals surface area contributed by atoms with Crippen LogP contribution in [0, 0.1) is 11.3 Å². The van der Waals surface area contributed by atoms with Gasteiger partial charge in [-0.2, -0.15) is 0 Å². The number of aliphatic hydroxyl groups excluding tert-OH is 1. The molecule has 1 fully saturated rings. The molecule has 0 radical (unpaired) electrons. The highest BCUT2D eigenvalue weighted by molar-refractivity contribution is 5.90. The topological polar surface area (TPSA) is 68.7 Å². The van der Waals surface area contributed by atoms with E-state index in [9.17, 15) is 5.11 Å². The number of allylic oxidation sites excluding steroid dienone is 3. The molecule has 0 aromatic heterocycles. The standard InChI is InChI=1S/C32H42N4O/c1-24(25-15-10-7-11-16-25)32-22-21-29(37)28(32)23-27(31(32)26-17-12-8-13-18-26)19-9-5-3-2-4-6-14-20-30-33-35-36-34-30/h7-8,10-13,15-18,28-29,35-37H,1-6,9,14,19-23H2,(H,33,34). The smallest absolute Gasteiger partial charge is 0.139 e. The normalized spacial score (nSPS) is 24.5. The molecule has 196 valence electrons. The number of hydrogen-bond donors (Lipinski definition) is 4. The molecule has 5 rings (SSSR count). The van der Waals surface area contributed by atoms with Crippen LogP contribution in [0.5, 0.6) is 0 Å². The minimum atomic E-state index is -0.256. The van der Waals surface area contributed by atoms with Gasteiger partial charge in [0.25, 0.3) is 0 Å². The first-order valence-corrected chi connectivity index (χ1v) is 14.2. The summed E-state index contributed by atoms with van der Waals surface area (Å²) in [6.07, 6.45) is 13.5. The van der Waals surface area contributed by atoms with E-state index < -0.39 is 0 Å². The van der Waals surface area contributed by atoms with Crippen LogP contribution in [0.1, 0.15) is 88.2 Å². The van der Waals surface area contributed by atoms with E-state index in [2.05, 4.69) is 82.3 Å². The molecule has 37 heavy (non-hydrogen) atoms. The van der Waals surface area contributed by atoms with Gasteiger partial charge in [0.1, 0.15) is 5.84 Å². The molecular formula is C32H42N4O. The van der Waals surface area contributed by atoms with E-state index in [1.165, 1.54) is 67.2 Å². The van der Waals surface area contributed by atoms with Gasteiger partial charge in [0.15, 0.2) is 0 Å². The van der Waals surface area contributed by atoms with E-state index in [0.717, 1.165) is 37.9 Å². The van der Waals surface area contributed by atoms with Gasteiger partial charge in [-0.15, -0.1) is 10.6 Å².